The number of benzene rings is 1. The van der Waals surface area contributed by atoms with Crippen molar-refractivity contribution in [3.63, 3.8) is 0 Å². The summed E-state index contributed by atoms with van der Waals surface area (Å²) in [7, 11) is 0. The average Bonchev–Trinajstić information content (AvgIpc) is 2.24. The van der Waals surface area contributed by atoms with Gasteiger partial charge in [0.15, 0.2) is 5.82 Å². The first kappa shape index (κ1) is 10.4. The standard InChI is InChI=1S/C10H8BrN3S/c11-7-3-1-2-4-8(7)15-10-9(12)13-5-6-14-10/h1-6H,(H2,12,13). The van der Waals surface area contributed by atoms with E-state index in [1.807, 2.05) is 24.3 Å². The van der Waals surface area contributed by atoms with Gasteiger partial charge in [-0.15, -0.1) is 0 Å². The molecule has 2 aromatic rings. The molecule has 1 heterocycles. The van der Waals surface area contributed by atoms with Gasteiger partial charge in [-0.3, -0.25) is 0 Å². The Morgan fingerprint density at radius 3 is 2.60 bits per heavy atom. The van der Waals surface area contributed by atoms with Gasteiger partial charge >= 0.3 is 0 Å². The van der Waals surface area contributed by atoms with E-state index < -0.39 is 0 Å². The zero-order chi connectivity index (χ0) is 10.7. The molecule has 1 aromatic heterocycles. The zero-order valence-corrected chi connectivity index (χ0v) is 10.1. The molecule has 2 rings (SSSR count). The number of nitrogen functional groups attached to an aromatic ring is 1. The highest BCUT2D eigenvalue weighted by atomic mass is 79.9. The van der Waals surface area contributed by atoms with E-state index in [0.717, 1.165) is 14.4 Å². The summed E-state index contributed by atoms with van der Waals surface area (Å²) in [5.74, 6) is 0.457. The molecular weight excluding hydrogens is 274 g/mol. The summed E-state index contributed by atoms with van der Waals surface area (Å²) in [4.78, 5) is 9.23. The molecule has 0 fully saturated rings. The highest BCUT2D eigenvalue weighted by Gasteiger charge is 2.05. The zero-order valence-electron chi connectivity index (χ0n) is 7.72. The van der Waals surface area contributed by atoms with Crippen LogP contribution < -0.4 is 5.73 Å². The van der Waals surface area contributed by atoms with Gasteiger partial charge < -0.3 is 5.73 Å². The largest absolute Gasteiger partial charge is 0.381 e. The minimum absolute atomic E-state index is 0.457. The SMILES string of the molecule is Nc1nccnc1Sc1ccccc1Br. The van der Waals surface area contributed by atoms with Gasteiger partial charge in [0.2, 0.25) is 0 Å². The van der Waals surface area contributed by atoms with Gasteiger partial charge in [-0.05, 0) is 28.1 Å². The monoisotopic (exact) mass is 281 g/mol. The van der Waals surface area contributed by atoms with Crippen molar-refractivity contribution in [2.45, 2.75) is 9.92 Å². The summed E-state index contributed by atoms with van der Waals surface area (Å²) >= 11 is 4.96. The summed E-state index contributed by atoms with van der Waals surface area (Å²) in [6, 6.07) is 7.92. The fourth-order valence-corrected chi connectivity index (χ4v) is 2.37. The lowest BCUT2D eigenvalue weighted by atomic mass is 10.4. The first-order valence-corrected chi connectivity index (χ1v) is 5.87. The molecule has 0 aliphatic heterocycles. The van der Waals surface area contributed by atoms with Crippen molar-refractivity contribution in [2.75, 3.05) is 5.73 Å². The Labute approximate surface area is 100 Å². The van der Waals surface area contributed by atoms with Crippen molar-refractivity contribution < 1.29 is 0 Å². The van der Waals surface area contributed by atoms with E-state index in [4.69, 9.17) is 5.73 Å². The van der Waals surface area contributed by atoms with Gasteiger partial charge in [0.05, 0.1) is 0 Å². The van der Waals surface area contributed by atoms with E-state index in [1.54, 1.807) is 12.4 Å². The Bertz CT molecular complexity index is 432. The molecule has 15 heavy (non-hydrogen) atoms. The van der Waals surface area contributed by atoms with Crippen LogP contribution in [0.1, 0.15) is 0 Å². The third-order valence-electron chi connectivity index (χ3n) is 1.73. The average molecular weight is 282 g/mol. The van der Waals surface area contributed by atoms with Crippen LogP contribution in [0.15, 0.2) is 51.1 Å². The summed E-state index contributed by atoms with van der Waals surface area (Å²) in [5.41, 5.74) is 5.71. The van der Waals surface area contributed by atoms with Crippen LogP contribution in [-0.4, -0.2) is 9.97 Å². The van der Waals surface area contributed by atoms with E-state index >= 15 is 0 Å². The van der Waals surface area contributed by atoms with E-state index in [0.29, 0.717) is 5.82 Å². The first-order chi connectivity index (χ1) is 7.27. The molecule has 0 bridgehead atoms. The molecular formula is C10H8BrN3S. The van der Waals surface area contributed by atoms with Crippen molar-refractivity contribution in [1.29, 1.82) is 0 Å². The van der Waals surface area contributed by atoms with Gasteiger partial charge in [0.25, 0.3) is 0 Å². The van der Waals surface area contributed by atoms with Crippen molar-refractivity contribution in [3.8, 4) is 0 Å². The predicted molar refractivity (Wildman–Crippen MR) is 64.7 cm³/mol. The number of nitrogens with zero attached hydrogens (tertiary/aromatic N) is 2. The van der Waals surface area contributed by atoms with Gasteiger partial charge in [-0.2, -0.15) is 0 Å². The second-order valence-corrected chi connectivity index (χ2v) is 4.66. The molecule has 0 radical (unpaired) electrons. The Hall–Kier alpha value is -1.07. The molecule has 0 aliphatic rings. The van der Waals surface area contributed by atoms with Crippen molar-refractivity contribution >= 4 is 33.5 Å². The minimum Gasteiger partial charge on any atom is -0.381 e. The maximum absolute atomic E-state index is 5.71. The summed E-state index contributed by atoms with van der Waals surface area (Å²) in [5, 5.41) is 0.726. The quantitative estimate of drug-likeness (QED) is 0.920. The minimum atomic E-state index is 0.457. The molecule has 5 heteroatoms. The first-order valence-electron chi connectivity index (χ1n) is 4.26. The predicted octanol–water partition coefficient (Wildman–Crippen LogP) is 2.97. The maximum atomic E-state index is 5.71. The van der Waals surface area contributed by atoms with Gasteiger partial charge in [-0.1, -0.05) is 23.9 Å². The van der Waals surface area contributed by atoms with Crippen molar-refractivity contribution in [1.82, 2.24) is 9.97 Å². The lowest BCUT2D eigenvalue weighted by molar-refractivity contribution is 1.07. The van der Waals surface area contributed by atoms with E-state index in [-0.39, 0.29) is 0 Å². The highest BCUT2D eigenvalue weighted by molar-refractivity contribution is 9.10. The van der Waals surface area contributed by atoms with Gasteiger partial charge in [0, 0.05) is 21.8 Å². The third-order valence-corrected chi connectivity index (χ3v) is 3.77. The number of aromatic nitrogens is 2. The summed E-state index contributed by atoms with van der Waals surface area (Å²) in [6.45, 7) is 0. The van der Waals surface area contributed by atoms with Crippen LogP contribution in [0, 0.1) is 0 Å². The molecule has 1 aromatic carbocycles. The number of nitrogens with two attached hydrogens (primary N) is 1. The molecule has 3 nitrogen and oxygen atoms in total. The Balaban J connectivity index is 2.30. The van der Waals surface area contributed by atoms with Crippen LogP contribution in [0.3, 0.4) is 0 Å². The van der Waals surface area contributed by atoms with Crippen molar-refractivity contribution in [3.05, 3.63) is 41.1 Å². The Morgan fingerprint density at radius 1 is 1.13 bits per heavy atom. The lowest BCUT2D eigenvalue weighted by Gasteiger charge is -2.04. The molecule has 0 atom stereocenters. The van der Waals surface area contributed by atoms with Gasteiger partial charge in [-0.25, -0.2) is 9.97 Å². The van der Waals surface area contributed by atoms with Crippen molar-refractivity contribution in [2.24, 2.45) is 0 Å². The lowest BCUT2D eigenvalue weighted by Crippen LogP contribution is -1.94. The molecule has 2 N–H and O–H groups in total. The third kappa shape index (κ3) is 2.49. The second kappa shape index (κ2) is 4.63. The molecule has 0 amide bonds. The fourth-order valence-electron chi connectivity index (χ4n) is 1.05. The summed E-state index contributed by atoms with van der Waals surface area (Å²) in [6.07, 6.45) is 3.22. The topological polar surface area (TPSA) is 51.8 Å². The molecule has 0 saturated carbocycles. The number of hydrogen-bond donors (Lipinski definition) is 1. The molecule has 0 aliphatic carbocycles. The van der Waals surface area contributed by atoms with E-state index in [9.17, 15) is 0 Å². The molecule has 0 spiro atoms. The number of hydrogen-bond acceptors (Lipinski definition) is 4. The van der Waals surface area contributed by atoms with Crippen LogP contribution in [0.4, 0.5) is 5.82 Å². The van der Waals surface area contributed by atoms with Crippen LogP contribution in [0.2, 0.25) is 0 Å². The number of anilines is 1. The number of halogens is 1. The number of rotatable bonds is 2. The summed E-state index contributed by atoms with van der Waals surface area (Å²) < 4.78 is 1.03. The molecule has 0 saturated heterocycles. The highest BCUT2D eigenvalue weighted by Crippen LogP contribution is 2.33. The fraction of sp³-hybridized carbons (Fsp3) is 0. The normalized spacial score (nSPS) is 10.2. The van der Waals surface area contributed by atoms with Crippen LogP contribution in [0.5, 0.6) is 0 Å². The Kier molecular flexibility index (Phi) is 3.23. The van der Waals surface area contributed by atoms with Gasteiger partial charge in [0.1, 0.15) is 5.03 Å². The second-order valence-electron chi connectivity index (χ2n) is 2.78. The van der Waals surface area contributed by atoms with E-state index in [2.05, 4.69) is 25.9 Å². The maximum Gasteiger partial charge on any atom is 0.156 e. The smallest absolute Gasteiger partial charge is 0.156 e. The van der Waals surface area contributed by atoms with E-state index in [1.165, 1.54) is 11.8 Å². The van der Waals surface area contributed by atoms with Crippen LogP contribution in [-0.2, 0) is 0 Å². The molecule has 0 unspecified atom stereocenters. The van der Waals surface area contributed by atoms with Crippen LogP contribution in [0.25, 0.3) is 0 Å². The van der Waals surface area contributed by atoms with Crippen LogP contribution >= 0.6 is 27.7 Å². The Morgan fingerprint density at radius 2 is 1.87 bits per heavy atom. The molecule has 76 valence electrons.